The topological polar surface area (TPSA) is 50.8 Å². The molecule has 0 radical (unpaired) electrons. The van der Waals surface area contributed by atoms with Crippen LogP contribution >= 0.6 is 0 Å². The van der Waals surface area contributed by atoms with Crippen molar-refractivity contribution in [2.45, 2.75) is 13.2 Å². The smallest absolute Gasteiger partial charge is 0.132 e. The summed E-state index contributed by atoms with van der Waals surface area (Å²) in [4.78, 5) is 11.7. The molecule has 0 saturated heterocycles. The zero-order valence-electron chi connectivity index (χ0n) is 13.1. The average molecular weight is 315 g/mol. The minimum atomic E-state index is 0.454. The minimum Gasteiger partial charge on any atom is -0.369 e. The third-order valence-electron chi connectivity index (χ3n) is 3.95. The Hall–Kier alpha value is -2.98. The zero-order valence-corrected chi connectivity index (χ0v) is 13.1. The van der Waals surface area contributed by atoms with E-state index in [1.807, 2.05) is 18.3 Å². The number of H-pyrrole nitrogens is 1. The van der Waals surface area contributed by atoms with E-state index in [2.05, 4.69) is 57.4 Å². The van der Waals surface area contributed by atoms with Gasteiger partial charge in [-0.3, -0.25) is 4.98 Å². The Morgan fingerprint density at radius 3 is 2.58 bits per heavy atom. The molecule has 0 aliphatic heterocycles. The van der Waals surface area contributed by atoms with Crippen LogP contribution in [0.25, 0.3) is 22.0 Å². The standard InChI is InChI=1S/C20H17N3O/c1-2-4-17-11-18(6-5-16(17)3-1)19-12-22-20(23-19)14-24-13-15-7-9-21-10-8-15/h1-12H,13-14H2,(H,22,23). The molecule has 118 valence electrons. The van der Waals surface area contributed by atoms with Crippen molar-refractivity contribution in [3.05, 3.63) is 84.6 Å². The Morgan fingerprint density at radius 2 is 1.71 bits per heavy atom. The Kier molecular flexibility index (Phi) is 4.04. The van der Waals surface area contributed by atoms with Crippen molar-refractivity contribution < 1.29 is 4.74 Å². The van der Waals surface area contributed by atoms with Gasteiger partial charge in [0.2, 0.25) is 0 Å². The van der Waals surface area contributed by atoms with E-state index in [0.29, 0.717) is 13.2 Å². The molecule has 0 spiro atoms. The lowest BCUT2D eigenvalue weighted by Gasteiger charge is -2.03. The predicted octanol–water partition coefficient (Wildman–Crippen LogP) is 4.34. The third kappa shape index (κ3) is 3.19. The van der Waals surface area contributed by atoms with Crippen LogP contribution in [0.2, 0.25) is 0 Å². The molecule has 4 heteroatoms. The molecule has 2 heterocycles. The normalized spacial score (nSPS) is 11.0. The molecule has 0 bridgehead atoms. The Labute approximate surface area is 140 Å². The molecule has 24 heavy (non-hydrogen) atoms. The fraction of sp³-hybridized carbons (Fsp3) is 0.100. The molecule has 0 saturated carbocycles. The summed E-state index contributed by atoms with van der Waals surface area (Å²) in [5, 5.41) is 2.46. The Bertz CT molecular complexity index is 947. The van der Waals surface area contributed by atoms with Crippen LogP contribution < -0.4 is 0 Å². The molecule has 2 aromatic carbocycles. The first kappa shape index (κ1) is 14.6. The first-order valence-electron chi connectivity index (χ1n) is 7.88. The van der Waals surface area contributed by atoms with E-state index in [1.165, 1.54) is 10.8 Å². The van der Waals surface area contributed by atoms with Gasteiger partial charge in [-0.1, -0.05) is 36.4 Å². The number of imidazole rings is 1. The second kappa shape index (κ2) is 6.64. The van der Waals surface area contributed by atoms with Crippen molar-refractivity contribution in [1.82, 2.24) is 15.0 Å². The van der Waals surface area contributed by atoms with Gasteiger partial charge in [0.05, 0.1) is 18.5 Å². The lowest BCUT2D eigenvalue weighted by atomic mass is 10.1. The lowest BCUT2D eigenvalue weighted by molar-refractivity contribution is 0.102. The summed E-state index contributed by atoms with van der Waals surface area (Å²) in [6.07, 6.45) is 5.39. The summed E-state index contributed by atoms with van der Waals surface area (Å²) >= 11 is 0. The van der Waals surface area contributed by atoms with Crippen LogP contribution in [0.1, 0.15) is 11.4 Å². The minimum absolute atomic E-state index is 0.454. The van der Waals surface area contributed by atoms with E-state index in [0.717, 1.165) is 22.6 Å². The highest BCUT2D eigenvalue weighted by molar-refractivity contribution is 5.86. The van der Waals surface area contributed by atoms with Crippen molar-refractivity contribution >= 4 is 10.8 Å². The fourth-order valence-corrected chi connectivity index (χ4v) is 2.68. The van der Waals surface area contributed by atoms with Gasteiger partial charge in [0, 0.05) is 18.0 Å². The molecule has 0 fully saturated rings. The zero-order chi connectivity index (χ0) is 16.2. The number of hydrogen-bond donors (Lipinski definition) is 1. The Morgan fingerprint density at radius 1 is 0.875 bits per heavy atom. The molecule has 0 amide bonds. The van der Waals surface area contributed by atoms with Crippen molar-refractivity contribution in [3.8, 4) is 11.3 Å². The molecular weight excluding hydrogens is 298 g/mol. The molecule has 0 atom stereocenters. The van der Waals surface area contributed by atoms with Crippen LogP contribution in [0.4, 0.5) is 0 Å². The number of hydrogen-bond acceptors (Lipinski definition) is 3. The van der Waals surface area contributed by atoms with Gasteiger partial charge in [-0.2, -0.15) is 0 Å². The van der Waals surface area contributed by atoms with Gasteiger partial charge in [-0.15, -0.1) is 0 Å². The second-order valence-corrected chi connectivity index (χ2v) is 5.65. The van der Waals surface area contributed by atoms with Gasteiger partial charge in [-0.25, -0.2) is 4.98 Å². The van der Waals surface area contributed by atoms with E-state index in [4.69, 9.17) is 4.74 Å². The number of pyridine rings is 1. The lowest BCUT2D eigenvalue weighted by Crippen LogP contribution is -1.96. The molecule has 2 aromatic heterocycles. The molecule has 4 aromatic rings. The predicted molar refractivity (Wildman–Crippen MR) is 94.3 cm³/mol. The van der Waals surface area contributed by atoms with Gasteiger partial charge in [0.1, 0.15) is 12.4 Å². The van der Waals surface area contributed by atoms with Gasteiger partial charge in [-0.05, 0) is 34.5 Å². The summed E-state index contributed by atoms with van der Waals surface area (Å²) < 4.78 is 5.70. The largest absolute Gasteiger partial charge is 0.369 e. The monoisotopic (exact) mass is 315 g/mol. The highest BCUT2D eigenvalue weighted by atomic mass is 16.5. The van der Waals surface area contributed by atoms with Crippen molar-refractivity contribution in [2.24, 2.45) is 0 Å². The molecule has 0 aliphatic carbocycles. The third-order valence-corrected chi connectivity index (χ3v) is 3.95. The molecule has 0 aliphatic rings. The van der Waals surface area contributed by atoms with Crippen molar-refractivity contribution in [3.63, 3.8) is 0 Å². The summed E-state index contributed by atoms with van der Waals surface area (Å²) in [6, 6.07) is 18.6. The van der Waals surface area contributed by atoms with Gasteiger partial charge in [0.15, 0.2) is 0 Å². The van der Waals surface area contributed by atoms with Crippen LogP contribution in [0, 0.1) is 0 Å². The average Bonchev–Trinajstić information content (AvgIpc) is 3.11. The molecule has 4 rings (SSSR count). The summed E-state index contributed by atoms with van der Waals surface area (Å²) in [5.41, 5.74) is 3.23. The first-order chi connectivity index (χ1) is 11.9. The molecule has 0 unspecified atom stereocenters. The van der Waals surface area contributed by atoms with E-state index < -0.39 is 0 Å². The summed E-state index contributed by atoms with van der Waals surface area (Å²) in [6.45, 7) is 1.00. The van der Waals surface area contributed by atoms with Crippen LogP contribution in [0.5, 0.6) is 0 Å². The maximum absolute atomic E-state index is 5.70. The molecular formula is C20H17N3O. The highest BCUT2D eigenvalue weighted by Gasteiger charge is 2.05. The molecule has 1 N–H and O–H groups in total. The second-order valence-electron chi connectivity index (χ2n) is 5.65. The number of benzene rings is 2. The number of aromatic amines is 1. The van der Waals surface area contributed by atoms with Crippen LogP contribution in [-0.2, 0) is 18.0 Å². The van der Waals surface area contributed by atoms with Gasteiger partial charge >= 0.3 is 0 Å². The maximum Gasteiger partial charge on any atom is 0.132 e. The van der Waals surface area contributed by atoms with Crippen LogP contribution in [0.15, 0.2) is 73.2 Å². The number of nitrogens with one attached hydrogen (secondary N) is 1. The Balaban J connectivity index is 1.45. The summed E-state index contributed by atoms with van der Waals surface area (Å²) in [5.74, 6) is 0.826. The number of aromatic nitrogens is 3. The van der Waals surface area contributed by atoms with Crippen LogP contribution in [-0.4, -0.2) is 15.0 Å². The summed E-state index contributed by atoms with van der Waals surface area (Å²) in [7, 11) is 0. The number of ether oxygens (including phenoxy) is 1. The SMILES string of the molecule is c1ccc2cc(-c3cnc(COCc4ccncc4)[nH]3)ccc2c1. The van der Waals surface area contributed by atoms with E-state index in [-0.39, 0.29) is 0 Å². The number of fused-ring (bicyclic) bond motifs is 1. The van der Waals surface area contributed by atoms with Gasteiger partial charge in [0.25, 0.3) is 0 Å². The number of nitrogens with zero attached hydrogens (tertiary/aromatic N) is 2. The quantitative estimate of drug-likeness (QED) is 0.596. The molecule has 4 nitrogen and oxygen atoms in total. The van der Waals surface area contributed by atoms with E-state index in [9.17, 15) is 0 Å². The van der Waals surface area contributed by atoms with E-state index in [1.54, 1.807) is 12.4 Å². The number of rotatable bonds is 5. The van der Waals surface area contributed by atoms with Crippen LogP contribution in [0.3, 0.4) is 0 Å². The van der Waals surface area contributed by atoms with Crippen molar-refractivity contribution in [2.75, 3.05) is 0 Å². The maximum atomic E-state index is 5.70. The van der Waals surface area contributed by atoms with Crippen molar-refractivity contribution in [1.29, 1.82) is 0 Å². The van der Waals surface area contributed by atoms with Gasteiger partial charge < -0.3 is 9.72 Å². The first-order valence-corrected chi connectivity index (χ1v) is 7.88. The highest BCUT2D eigenvalue weighted by Crippen LogP contribution is 2.23. The van der Waals surface area contributed by atoms with E-state index >= 15 is 0 Å². The fourth-order valence-electron chi connectivity index (χ4n) is 2.68.